The van der Waals surface area contributed by atoms with E-state index in [-0.39, 0.29) is 6.61 Å². The molecular formula is C14H17N2O2+. The fourth-order valence-corrected chi connectivity index (χ4v) is 1.68. The van der Waals surface area contributed by atoms with Crippen molar-refractivity contribution in [2.45, 2.75) is 6.54 Å². The lowest BCUT2D eigenvalue weighted by Crippen LogP contribution is -2.35. The number of hydrogen-bond donors (Lipinski definition) is 1. The molecule has 2 aromatic rings. The molecule has 0 saturated heterocycles. The highest BCUT2D eigenvalue weighted by molar-refractivity contribution is 5.61. The third-order valence-corrected chi connectivity index (χ3v) is 2.63. The fraction of sp³-hybridized carbons (Fsp3) is 0.286. The predicted octanol–water partition coefficient (Wildman–Crippen LogP) is 1.05. The van der Waals surface area contributed by atoms with Crippen LogP contribution in [0.15, 0.2) is 49.1 Å². The van der Waals surface area contributed by atoms with Crippen LogP contribution in [-0.2, 0) is 11.3 Å². The van der Waals surface area contributed by atoms with Gasteiger partial charge in [0, 0.05) is 24.5 Å². The maximum atomic E-state index is 8.59. The molecule has 4 heteroatoms. The highest BCUT2D eigenvalue weighted by Crippen LogP contribution is 2.15. The summed E-state index contributed by atoms with van der Waals surface area (Å²) in [6.45, 7) is 1.87. The molecule has 0 unspecified atom stereocenters. The fourth-order valence-electron chi connectivity index (χ4n) is 1.68. The van der Waals surface area contributed by atoms with E-state index in [4.69, 9.17) is 9.84 Å². The summed E-state index contributed by atoms with van der Waals surface area (Å²) in [6.07, 6.45) is 7.63. The summed E-state index contributed by atoms with van der Waals surface area (Å²) in [6, 6.07) is 8.12. The van der Waals surface area contributed by atoms with E-state index in [9.17, 15) is 0 Å². The van der Waals surface area contributed by atoms with Gasteiger partial charge in [-0.1, -0.05) is 0 Å². The van der Waals surface area contributed by atoms with Gasteiger partial charge in [-0.2, -0.15) is 0 Å². The minimum absolute atomic E-state index is 0.0750. The molecule has 4 nitrogen and oxygen atoms in total. The number of pyridine rings is 2. The van der Waals surface area contributed by atoms with E-state index in [1.807, 2.05) is 24.5 Å². The van der Waals surface area contributed by atoms with Crippen LogP contribution >= 0.6 is 0 Å². The first kappa shape index (κ1) is 12.7. The molecule has 0 bridgehead atoms. The molecule has 2 heterocycles. The monoisotopic (exact) mass is 245 g/mol. The molecule has 18 heavy (non-hydrogen) atoms. The Morgan fingerprint density at radius 3 is 2.33 bits per heavy atom. The molecule has 1 N–H and O–H groups in total. The first-order valence-corrected chi connectivity index (χ1v) is 5.98. The predicted molar refractivity (Wildman–Crippen MR) is 67.8 cm³/mol. The average molecular weight is 245 g/mol. The Morgan fingerprint density at radius 1 is 1.00 bits per heavy atom. The first-order chi connectivity index (χ1) is 8.90. The van der Waals surface area contributed by atoms with Crippen molar-refractivity contribution in [2.24, 2.45) is 0 Å². The van der Waals surface area contributed by atoms with Crippen LogP contribution in [0.25, 0.3) is 11.1 Å². The van der Waals surface area contributed by atoms with Crippen molar-refractivity contribution in [3.63, 3.8) is 0 Å². The zero-order valence-electron chi connectivity index (χ0n) is 10.2. The quantitative estimate of drug-likeness (QED) is 0.611. The molecule has 94 valence electrons. The van der Waals surface area contributed by atoms with Crippen LogP contribution in [0, 0.1) is 0 Å². The van der Waals surface area contributed by atoms with Crippen molar-refractivity contribution in [3.8, 4) is 11.1 Å². The van der Waals surface area contributed by atoms with Crippen LogP contribution in [0.2, 0.25) is 0 Å². The van der Waals surface area contributed by atoms with Crippen molar-refractivity contribution in [3.05, 3.63) is 49.1 Å². The Morgan fingerprint density at radius 2 is 1.67 bits per heavy atom. The highest BCUT2D eigenvalue weighted by atomic mass is 16.5. The van der Waals surface area contributed by atoms with Crippen molar-refractivity contribution < 1.29 is 14.4 Å². The zero-order valence-corrected chi connectivity index (χ0v) is 10.2. The van der Waals surface area contributed by atoms with Gasteiger partial charge >= 0.3 is 0 Å². The van der Waals surface area contributed by atoms with Gasteiger partial charge in [0.25, 0.3) is 0 Å². The molecule has 0 aliphatic carbocycles. The van der Waals surface area contributed by atoms with E-state index in [0.29, 0.717) is 13.2 Å². The van der Waals surface area contributed by atoms with Crippen LogP contribution < -0.4 is 4.57 Å². The molecule has 0 amide bonds. The van der Waals surface area contributed by atoms with Gasteiger partial charge in [-0.25, -0.2) is 4.57 Å². The van der Waals surface area contributed by atoms with Gasteiger partial charge in [-0.05, 0) is 23.3 Å². The van der Waals surface area contributed by atoms with E-state index in [1.165, 1.54) is 5.56 Å². The van der Waals surface area contributed by atoms with E-state index < -0.39 is 0 Å². The van der Waals surface area contributed by atoms with Gasteiger partial charge in [0.1, 0.15) is 6.61 Å². The summed E-state index contributed by atoms with van der Waals surface area (Å²) in [5.74, 6) is 0. The van der Waals surface area contributed by atoms with E-state index in [1.54, 1.807) is 12.4 Å². The second-order valence-electron chi connectivity index (χ2n) is 3.90. The largest absolute Gasteiger partial charge is 0.394 e. The Bertz CT molecular complexity index is 457. The minimum atomic E-state index is 0.0750. The molecule has 0 aromatic carbocycles. The van der Waals surface area contributed by atoms with Crippen LogP contribution in [-0.4, -0.2) is 29.9 Å². The Labute approximate surface area is 107 Å². The molecule has 0 aliphatic heterocycles. The topological polar surface area (TPSA) is 46.2 Å². The smallest absolute Gasteiger partial charge is 0.171 e. The molecule has 0 spiro atoms. The van der Waals surface area contributed by atoms with Crippen LogP contribution in [0.5, 0.6) is 0 Å². The summed E-state index contributed by atoms with van der Waals surface area (Å²) in [4.78, 5) is 4.00. The summed E-state index contributed by atoms with van der Waals surface area (Å²) in [5, 5.41) is 8.59. The average Bonchev–Trinajstić information content (AvgIpc) is 2.45. The third-order valence-electron chi connectivity index (χ3n) is 2.63. The SMILES string of the molecule is OCCOCC[n+]1ccc(-c2ccncc2)cc1. The molecular weight excluding hydrogens is 228 g/mol. The highest BCUT2D eigenvalue weighted by Gasteiger charge is 2.02. The Balaban J connectivity index is 1.94. The van der Waals surface area contributed by atoms with Gasteiger partial charge in [0.15, 0.2) is 18.9 Å². The van der Waals surface area contributed by atoms with Crippen LogP contribution in [0.1, 0.15) is 0 Å². The maximum absolute atomic E-state index is 8.59. The van der Waals surface area contributed by atoms with Crippen LogP contribution in [0.4, 0.5) is 0 Å². The number of hydrogen-bond acceptors (Lipinski definition) is 3. The number of rotatable bonds is 6. The summed E-state index contributed by atoms with van der Waals surface area (Å²) >= 11 is 0. The third kappa shape index (κ3) is 3.61. The van der Waals surface area contributed by atoms with Gasteiger partial charge < -0.3 is 9.84 Å². The molecule has 0 radical (unpaired) electrons. The van der Waals surface area contributed by atoms with Crippen molar-refractivity contribution in [2.75, 3.05) is 19.8 Å². The minimum Gasteiger partial charge on any atom is -0.394 e. The van der Waals surface area contributed by atoms with Gasteiger partial charge in [0.2, 0.25) is 0 Å². The Hall–Kier alpha value is -1.78. The maximum Gasteiger partial charge on any atom is 0.171 e. The molecule has 0 aliphatic rings. The molecule has 0 atom stereocenters. The zero-order chi connectivity index (χ0) is 12.6. The van der Waals surface area contributed by atoms with Gasteiger partial charge in [-0.3, -0.25) is 4.98 Å². The van der Waals surface area contributed by atoms with E-state index in [2.05, 4.69) is 21.7 Å². The molecule has 0 saturated carbocycles. The lowest BCUT2D eigenvalue weighted by Gasteiger charge is -2.01. The van der Waals surface area contributed by atoms with Crippen molar-refractivity contribution in [1.29, 1.82) is 0 Å². The number of aliphatic hydroxyl groups is 1. The van der Waals surface area contributed by atoms with Gasteiger partial charge in [-0.15, -0.1) is 0 Å². The second kappa shape index (κ2) is 6.83. The number of nitrogens with zero attached hydrogens (tertiary/aromatic N) is 2. The number of aliphatic hydroxyl groups excluding tert-OH is 1. The standard InChI is InChI=1S/C14H17N2O2/c17-10-12-18-11-9-16-7-3-14(4-8-16)13-1-5-15-6-2-13/h1-8,17H,9-12H2/q+1. The number of ether oxygens (including phenoxy) is 1. The summed E-state index contributed by atoms with van der Waals surface area (Å²) in [7, 11) is 0. The van der Waals surface area contributed by atoms with E-state index >= 15 is 0 Å². The molecule has 2 rings (SSSR count). The Kier molecular flexibility index (Phi) is 4.81. The molecule has 0 fully saturated rings. The van der Waals surface area contributed by atoms with Crippen molar-refractivity contribution >= 4 is 0 Å². The lowest BCUT2D eigenvalue weighted by molar-refractivity contribution is -0.698. The number of aromatic nitrogens is 2. The second-order valence-corrected chi connectivity index (χ2v) is 3.90. The molecule has 2 aromatic heterocycles. The first-order valence-electron chi connectivity index (χ1n) is 5.98. The lowest BCUT2D eigenvalue weighted by atomic mass is 10.1. The summed E-state index contributed by atoms with van der Waals surface area (Å²) in [5.41, 5.74) is 2.33. The van der Waals surface area contributed by atoms with Crippen molar-refractivity contribution in [1.82, 2.24) is 4.98 Å². The van der Waals surface area contributed by atoms with Gasteiger partial charge in [0.05, 0.1) is 13.2 Å². The van der Waals surface area contributed by atoms with E-state index in [0.717, 1.165) is 12.1 Å². The normalized spacial score (nSPS) is 10.5. The van der Waals surface area contributed by atoms with Crippen LogP contribution in [0.3, 0.4) is 0 Å². The summed E-state index contributed by atoms with van der Waals surface area (Å²) < 4.78 is 7.28.